The summed E-state index contributed by atoms with van der Waals surface area (Å²) in [6.07, 6.45) is 4.72. The van der Waals surface area contributed by atoms with Crippen LogP contribution in [0.25, 0.3) is 0 Å². The van der Waals surface area contributed by atoms with Crippen molar-refractivity contribution in [2.75, 3.05) is 39.0 Å². The van der Waals surface area contributed by atoms with Gasteiger partial charge in [0, 0.05) is 42.9 Å². The number of benzene rings is 1. The molecule has 0 aromatic heterocycles. The van der Waals surface area contributed by atoms with Crippen molar-refractivity contribution in [1.82, 2.24) is 15.5 Å². The molecule has 27 heavy (non-hydrogen) atoms. The molecule has 0 saturated carbocycles. The summed E-state index contributed by atoms with van der Waals surface area (Å²) in [6.45, 7) is 6.09. The van der Waals surface area contributed by atoms with Crippen LogP contribution >= 0.6 is 47.3 Å². The number of halogens is 2. The van der Waals surface area contributed by atoms with Crippen molar-refractivity contribution in [2.24, 2.45) is 4.99 Å². The standard InChI is InChI=1S/C19H29ClN4OS.HI/c1-3-21-19(22-10-6-12-24-11-5-9-18(24)25)23-14-17(26-2)15-7-4-8-16(20)13-15;/h4,7-8,13,17H,3,5-6,9-12,14H2,1-2H3,(H2,21,22,23);1H. The number of rotatable bonds is 9. The van der Waals surface area contributed by atoms with Gasteiger partial charge < -0.3 is 15.5 Å². The van der Waals surface area contributed by atoms with Gasteiger partial charge >= 0.3 is 0 Å². The smallest absolute Gasteiger partial charge is 0.222 e. The number of carbonyl (C=O) groups is 1. The first-order valence-electron chi connectivity index (χ1n) is 9.22. The van der Waals surface area contributed by atoms with E-state index in [9.17, 15) is 4.79 Å². The van der Waals surface area contributed by atoms with E-state index in [1.807, 2.05) is 23.1 Å². The summed E-state index contributed by atoms with van der Waals surface area (Å²) in [5.74, 6) is 1.11. The van der Waals surface area contributed by atoms with Gasteiger partial charge in [-0.15, -0.1) is 24.0 Å². The molecule has 1 fully saturated rings. The highest BCUT2D eigenvalue weighted by Gasteiger charge is 2.19. The molecule has 0 bridgehead atoms. The van der Waals surface area contributed by atoms with Crippen LogP contribution in [0.15, 0.2) is 29.3 Å². The molecule has 1 aromatic rings. The minimum Gasteiger partial charge on any atom is -0.357 e. The summed E-state index contributed by atoms with van der Waals surface area (Å²) in [4.78, 5) is 18.3. The second-order valence-electron chi connectivity index (χ2n) is 6.26. The second kappa shape index (κ2) is 13.5. The van der Waals surface area contributed by atoms with Crippen molar-refractivity contribution in [1.29, 1.82) is 0 Å². The predicted molar refractivity (Wildman–Crippen MR) is 128 cm³/mol. The zero-order chi connectivity index (χ0) is 18.8. The molecule has 5 nitrogen and oxygen atoms in total. The summed E-state index contributed by atoms with van der Waals surface area (Å²) in [6, 6.07) is 7.97. The highest BCUT2D eigenvalue weighted by molar-refractivity contribution is 14.0. The third-order valence-electron chi connectivity index (χ3n) is 4.33. The van der Waals surface area contributed by atoms with E-state index in [1.54, 1.807) is 11.8 Å². The minimum atomic E-state index is 0. The summed E-state index contributed by atoms with van der Waals surface area (Å²) in [7, 11) is 0. The average molecular weight is 525 g/mol. The number of guanidine groups is 1. The van der Waals surface area contributed by atoms with Crippen molar-refractivity contribution >= 4 is 59.2 Å². The fourth-order valence-corrected chi connectivity index (χ4v) is 3.80. The van der Waals surface area contributed by atoms with E-state index < -0.39 is 0 Å². The van der Waals surface area contributed by atoms with Gasteiger partial charge in [-0.05, 0) is 43.7 Å². The van der Waals surface area contributed by atoms with E-state index in [0.29, 0.717) is 13.0 Å². The molecule has 0 spiro atoms. The lowest BCUT2D eigenvalue weighted by Gasteiger charge is -2.17. The van der Waals surface area contributed by atoms with Crippen LogP contribution in [-0.2, 0) is 4.79 Å². The van der Waals surface area contributed by atoms with Crippen LogP contribution in [0.3, 0.4) is 0 Å². The Kier molecular flexibility index (Phi) is 12.2. The molecule has 8 heteroatoms. The van der Waals surface area contributed by atoms with E-state index in [-0.39, 0.29) is 35.1 Å². The summed E-state index contributed by atoms with van der Waals surface area (Å²) < 4.78 is 0. The van der Waals surface area contributed by atoms with Gasteiger partial charge in [0.1, 0.15) is 0 Å². The molecular weight excluding hydrogens is 495 g/mol. The van der Waals surface area contributed by atoms with Gasteiger partial charge in [0.25, 0.3) is 0 Å². The Labute approximate surface area is 189 Å². The molecule has 1 amide bonds. The van der Waals surface area contributed by atoms with Gasteiger partial charge in [-0.25, -0.2) is 0 Å². The Morgan fingerprint density at radius 2 is 2.22 bits per heavy atom. The van der Waals surface area contributed by atoms with Crippen molar-refractivity contribution in [3.63, 3.8) is 0 Å². The minimum absolute atomic E-state index is 0. The number of hydrogen-bond donors (Lipinski definition) is 2. The Morgan fingerprint density at radius 1 is 1.41 bits per heavy atom. The maximum atomic E-state index is 11.6. The Balaban J connectivity index is 0.00000364. The highest BCUT2D eigenvalue weighted by Crippen LogP contribution is 2.28. The lowest BCUT2D eigenvalue weighted by molar-refractivity contribution is -0.127. The van der Waals surface area contributed by atoms with Crippen LogP contribution in [0.4, 0.5) is 0 Å². The number of nitrogens with one attached hydrogen (secondary N) is 2. The maximum Gasteiger partial charge on any atom is 0.222 e. The Bertz CT molecular complexity index is 617. The molecule has 1 unspecified atom stereocenters. The third-order valence-corrected chi connectivity index (χ3v) is 5.56. The largest absolute Gasteiger partial charge is 0.357 e. The number of amides is 1. The fourth-order valence-electron chi connectivity index (χ4n) is 2.96. The quantitative estimate of drug-likeness (QED) is 0.222. The molecule has 2 rings (SSSR count). The fraction of sp³-hybridized carbons (Fsp3) is 0.579. The topological polar surface area (TPSA) is 56.7 Å². The van der Waals surface area contributed by atoms with Gasteiger partial charge in [0.15, 0.2) is 5.96 Å². The second-order valence-corrected chi connectivity index (χ2v) is 7.74. The zero-order valence-electron chi connectivity index (χ0n) is 16.0. The van der Waals surface area contributed by atoms with E-state index in [4.69, 9.17) is 16.6 Å². The number of carbonyl (C=O) groups excluding carboxylic acids is 1. The molecule has 1 aliphatic heterocycles. The first-order valence-corrected chi connectivity index (χ1v) is 10.9. The third kappa shape index (κ3) is 8.48. The number of hydrogen-bond acceptors (Lipinski definition) is 3. The van der Waals surface area contributed by atoms with Crippen molar-refractivity contribution in [3.05, 3.63) is 34.9 Å². The Morgan fingerprint density at radius 3 is 2.85 bits per heavy atom. The molecule has 1 saturated heterocycles. The van der Waals surface area contributed by atoms with Crippen LogP contribution in [0.1, 0.15) is 37.0 Å². The summed E-state index contributed by atoms with van der Waals surface area (Å²) >= 11 is 7.88. The molecule has 1 atom stereocenters. The van der Waals surface area contributed by atoms with Crippen LogP contribution < -0.4 is 10.6 Å². The molecule has 2 N–H and O–H groups in total. The molecule has 0 aliphatic carbocycles. The number of aliphatic imine (C=N–C) groups is 1. The first-order chi connectivity index (χ1) is 12.6. The van der Waals surface area contributed by atoms with E-state index in [1.165, 1.54) is 5.56 Å². The van der Waals surface area contributed by atoms with Gasteiger partial charge in [-0.1, -0.05) is 23.7 Å². The molecule has 152 valence electrons. The van der Waals surface area contributed by atoms with Gasteiger partial charge in [0.2, 0.25) is 5.91 Å². The SMILES string of the molecule is CCNC(=NCC(SC)c1cccc(Cl)c1)NCCCN1CCCC1=O.I. The lowest BCUT2D eigenvalue weighted by Crippen LogP contribution is -2.39. The zero-order valence-corrected chi connectivity index (χ0v) is 19.9. The highest BCUT2D eigenvalue weighted by atomic mass is 127. The molecular formula is C19H30ClIN4OS. The van der Waals surface area contributed by atoms with Crippen molar-refractivity contribution in [2.45, 2.75) is 31.4 Å². The van der Waals surface area contributed by atoms with Crippen molar-refractivity contribution < 1.29 is 4.79 Å². The Hall–Kier alpha value is -0.670. The summed E-state index contributed by atoms with van der Waals surface area (Å²) in [5.41, 5.74) is 1.19. The molecule has 1 aliphatic rings. The number of thioether (sulfide) groups is 1. The van der Waals surface area contributed by atoms with Crippen LogP contribution in [-0.4, -0.2) is 55.7 Å². The molecule has 1 heterocycles. The average Bonchev–Trinajstić information content (AvgIpc) is 3.04. The van der Waals surface area contributed by atoms with E-state index >= 15 is 0 Å². The van der Waals surface area contributed by atoms with Crippen LogP contribution in [0.2, 0.25) is 5.02 Å². The van der Waals surface area contributed by atoms with E-state index in [0.717, 1.165) is 50.0 Å². The monoisotopic (exact) mass is 524 g/mol. The number of likely N-dealkylation sites (tertiary alicyclic amines) is 1. The first kappa shape index (κ1) is 24.4. The molecule has 0 radical (unpaired) electrons. The number of nitrogens with zero attached hydrogens (tertiary/aromatic N) is 2. The molecule has 1 aromatic carbocycles. The van der Waals surface area contributed by atoms with E-state index in [2.05, 4.69) is 29.9 Å². The van der Waals surface area contributed by atoms with Crippen molar-refractivity contribution in [3.8, 4) is 0 Å². The normalized spacial score (nSPS) is 15.4. The van der Waals surface area contributed by atoms with Crippen LogP contribution in [0, 0.1) is 0 Å². The van der Waals surface area contributed by atoms with Gasteiger partial charge in [0.05, 0.1) is 6.54 Å². The maximum absolute atomic E-state index is 11.6. The van der Waals surface area contributed by atoms with Crippen LogP contribution in [0.5, 0.6) is 0 Å². The van der Waals surface area contributed by atoms with Gasteiger partial charge in [-0.2, -0.15) is 11.8 Å². The lowest BCUT2D eigenvalue weighted by atomic mass is 10.1. The predicted octanol–water partition coefficient (Wildman–Crippen LogP) is 3.93. The van der Waals surface area contributed by atoms with Gasteiger partial charge in [-0.3, -0.25) is 9.79 Å². The summed E-state index contributed by atoms with van der Waals surface area (Å²) in [5, 5.41) is 7.68.